The van der Waals surface area contributed by atoms with Crippen LogP contribution >= 0.6 is 0 Å². The Labute approximate surface area is 112 Å². The molecule has 19 heavy (non-hydrogen) atoms. The largest absolute Gasteiger partial charge is 0.339 e. The lowest BCUT2D eigenvalue weighted by molar-refractivity contribution is 0.336. The molecule has 0 amide bonds. The molecule has 4 nitrogen and oxygen atoms in total. The molecule has 0 bridgehead atoms. The summed E-state index contributed by atoms with van der Waals surface area (Å²) in [6.45, 7) is 5.95. The fourth-order valence-electron chi connectivity index (χ4n) is 1.83. The number of aryl methyl sites for hydroxylation is 1. The predicted octanol–water partition coefficient (Wildman–Crippen LogP) is 2.90. The van der Waals surface area contributed by atoms with Gasteiger partial charge in [-0.1, -0.05) is 18.1 Å². The van der Waals surface area contributed by atoms with Crippen LogP contribution in [-0.2, 0) is 0 Å². The molecule has 0 aliphatic rings. The Morgan fingerprint density at radius 3 is 2.74 bits per heavy atom. The molecule has 0 aliphatic carbocycles. The molecule has 1 heterocycles. The SMILES string of the molecule is CNC(C)C(C)c1nc(-c2cc(F)ccc2C)no1. The third kappa shape index (κ3) is 2.81. The summed E-state index contributed by atoms with van der Waals surface area (Å²) in [7, 11) is 1.88. The third-order valence-corrected chi connectivity index (χ3v) is 3.48. The Balaban J connectivity index is 2.33. The number of hydrogen-bond donors (Lipinski definition) is 1. The number of hydrogen-bond acceptors (Lipinski definition) is 4. The molecule has 5 heteroatoms. The zero-order valence-corrected chi connectivity index (χ0v) is 11.6. The molecule has 2 rings (SSSR count). The number of halogens is 1. The summed E-state index contributed by atoms with van der Waals surface area (Å²) in [5, 5.41) is 7.09. The molecule has 1 aromatic heterocycles. The number of likely N-dealkylation sites (N-methyl/N-ethyl adjacent to an activating group) is 1. The molecule has 0 spiro atoms. The first-order valence-corrected chi connectivity index (χ1v) is 6.30. The molecule has 0 saturated heterocycles. The normalized spacial score (nSPS) is 14.4. The average molecular weight is 263 g/mol. The van der Waals surface area contributed by atoms with E-state index < -0.39 is 0 Å². The highest BCUT2D eigenvalue weighted by Gasteiger charge is 2.20. The Hall–Kier alpha value is -1.75. The van der Waals surface area contributed by atoms with Crippen LogP contribution in [0.15, 0.2) is 22.7 Å². The predicted molar refractivity (Wildman–Crippen MR) is 71.4 cm³/mol. The fraction of sp³-hybridized carbons (Fsp3) is 0.429. The van der Waals surface area contributed by atoms with E-state index in [4.69, 9.17) is 4.52 Å². The van der Waals surface area contributed by atoms with Crippen molar-refractivity contribution >= 4 is 0 Å². The van der Waals surface area contributed by atoms with Crippen LogP contribution in [0.3, 0.4) is 0 Å². The molecule has 0 saturated carbocycles. The van der Waals surface area contributed by atoms with Gasteiger partial charge in [-0.2, -0.15) is 4.98 Å². The Bertz CT molecular complexity index is 568. The zero-order chi connectivity index (χ0) is 14.0. The second kappa shape index (κ2) is 5.48. The van der Waals surface area contributed by atoms with Gasteiger partial charge in [0.05, 0.1) is 5.92 Å². The van der Waals surface area contributed by atoms with Crippen molar-refractivity contribution in [1.82, 2.24) is 15.5 Å². The molecule has 1 aromatic carbocycles. The number of benzene rings is 1. The van der Waals surface area contributed by atoms with Gasteiger partial charge < -0.3 is 9.84 Å². The van der Waals surface area contributed by atoms with Gasteiger partial charge in [0.2, 0.25) is 11.7 Å². The smallest absolute Gasteiger partial charge is 0.231 e. The van der Waals surface area contributed by atoms with Crippen molar-refractivity contribution in [3.05, 3.63) is 35.5 Å². The number of rotatable bonds is 4. The van der Waals surface area contributed by atoms with Gasteiger partial charge in [0.15, 0.2) is 0 Å². The van der Waals surface area contributed by atoms with E-state index >= 15 is 0 Å². The maximum Gasteiger partial charge on any atom is 0.231 e. The lowest BCUT2D eigenvalue weighted by atomic mass is 10.0. The molecule has 2 aromatic rings. The topological polar surface area (TPSA) is 51.0 Å². The molecule has 0 aliphatic heterocycles. The lowest BCUT2D eigenvalue weighted by Gasteiger charge is -2.14. The van der Waals surface area contributed by atoms with Crippen LogP contribution in [-0.4, -0.2) is 23.2 Å². The molecule has 1 N–H and O–H groups in total. The summed E-state index contributed by atoms with van der Waals surface area (Å²) in [5.41, 5.74) is 1.59. The molecular formula is C14H18FN3O. The van der Waals surface area contributed by atoms with Gasteiger partial charge in [0, 0.05) is 11.6 Å². The van der Waals surface area contributed by atoms with Gasteiger partial charge in [-0.3, -0.25) is 0 Å². The minimum atomic E-state index is -0.302. The van der Waals surface area contributed by atoms with Crippen LogP contribution in [0.1, 0.15) is 31.2 Å². The summed E-state index contributed by atoms with van der Waals surface area (Å²) in [6, 6.07) is 4.78. The second-order valence-electron chi connectivity index (χ2n) is 4.78. The van der Waals surface area contributed by atoms with E-state index in [1.165, 1.54) is 12.1 Å². The Kier molecular flexibility index (Phi) is 3.95. The second-order valence-corrected chi connectivity index (χ2v) is 4.78. The van der Waals surface area contributed by atoms with Crippen molar-refractivity contribution in [3.8, 4) is 11.4 Å². The lowest BCUT2D eigenvalue weighted by Crippen LogP contribution is -2.27. The third-order valence-electron chi connectivity index (χ3n) is 3.48. The van der Waals surface area contributed by atoms with Crippen molar-refractivity contribution in [2.45, 2.75) is 32.7 Å². The first-order chi connectivity index (χ1) is 9.02. The monoisotopic (exact) mass is 263 g/mol. The highest BCUT2D eigenvalue weighted by Crippen LogP contribution is 2.24. The quantitative estimate of drug-likeness (QED) is 0.921. The number of nitrogens with one attached hydrogen (secondary N) is 1. The van der Waals surface area contributed by atoms with Gasteiger partial charge in [0.1, 0.15) is 5.82 Å². The van der Waals surface area contributed by atoms with Crippen molar-refractivity contribution in [2.75, 3.05) is 7.05 Å². The van der Waals surface area contributed by atoms with Crippen LogP contribution in [0.2, 0.25) is 0 Å². The van der Waals surface area contributed by atoms with E-state index in [0.29, 0.717) is 17.3 Å². The number of nitrogens with zero attached hydrogens (tertiary/aromatic N) is 2. The first kappa shape index (κ1) is 13.7. The summed E-state index contributed by atoms with van der Waals surface area (Å²) in [5.74, 6) is 0.784. The summed E-state index contributed by atoms with van der Waals surface area (Å²) in [6.07, 6.45) is 0. The Morgan fingerprint density at radius 2 is 2.05 bits per heavy atom. The highest BCUT2D eigenvalue weighted by molar-refractivity contribution is 5.59. The molecule has 0 fully saturated rings. The van der Waals surface area contributed by atoms with Crippen molar-refractivity contribution < 1.29 is 8.91 Å². The summed E-state index contributed by atoms with van der Waals surface area (Å²) < 4.78 is 18.6. The van der Waals surface area contributed by atoms with E-state index in [-0.39, 0.29) is 17.8 Å². The summed E-state index contributed by atoms with van der Waals surface area (Å²) in [4.78, 5) is 4.37. The Morgan fingerprint density at radius 1 is 1.32 bits per heavy atom. The van der Waals surface area contributed by atoms with Gasteiger partial charge in [-0.05, 0) is 38.6 Å². The van der Waals surface area contributed by atoms with Gasteiger partial charge >= 0.3 is 0 Å². The van der Waals surface area contributed by atoms with Gasteiger partial charge in [0.25, 0.3) is 0 Å². The van der Waals surface area contributed by atoms with E-state index in [1.54, 1.807) is 6.07 Å². The fourth-order valence-corrected chi connectivity index (χ4v) is 1.83. The minimum absolute atomic E-state index is 0.0973. The maximum atomic E-state index is 13.3. The molecular weight excluding hydrogens is 245 g/mol. The number of aromatic nitrogens is 2. The van der Waals surface area contributed by atoms with Crippen molar-refractivity contribution in [2.24, 2.45) is 0 Å². The van der Waals surface area contributed by atoms with E-state index in [1.807, 2.05) is 27.8 Å². The zero-order valence-electron chi connectivity index (χ0n) is 11.6. The van der Waals surface area contributed by atoms with E-state index in [9.17, 15) is 4.39 Å². The van der Waals surface area contributed by atoms with Crippen molar-refractivity contribution in [1.29, 1.82) is 0 Å². The van der Waals surface area contributed by atoms with Crippen LogP contribution in [0.25, 0.3) is 11.4 Å². The molecule has 2 atom stereocenters. The molecule has 0 radical (unpaired) electrons. The minimum Gasteiger partial charge on any atom is -0.339 e. The van der Waals surface area contributed by atoms with Crippen molar-refractivity contribution in [3.63, 3.8) is 0 Å². The maximum absolute atomic E-state index is 13.3. The first-order valence-electron chi connectivity index (χ1n) is 6.30. The molecule has 2 unspecified atom stereocenters. The van der Waals surface area contributed by atoms with Gasteiger partial charge in [-0.25, -0.2) is 4.39 Å². The van der Waals surface area contributed by atoms with Gasteiger partial charge in [-0.15, -0.1) is 0 Å². The highest BCUT2D eigenvalue weighted by atomic mass is 19.1. The average Bonchev–Trinajstić information content (AvgIpc) is 2.89. The van der Waals surface area contributed by atoms with Crippen LogP contribution in [0.5, 0.6) is 0 Å². The molecule has 102 valence electrons. The standard InChI is InChI=1S/C14H18FN3O/c1-8-5-6-11(15)7-12(8)13-17-14(19-18-13)9(2)10(3)16-4/h5-7,9-10,16H,1-4H3. The van der Waals surface area contributed by atoms with E-state index in [0.717, 1.165) is 5.56 Å². The van der Waals surface area contributed by atoms with Crippen LogP contribution in [0.4, 0.5) is 4.39 Å². The van der Waals surface area contributed by atoms with E-state index in [2.05, 4.69) is 15.5 Å². The van der Waals surface area contributed by atoms with Crippen LogP contribution in [0, 0.1) is 12.7 Å². The summed E-state index contributed by atoms with van der Waals surface area (Å²) >= 11 is 0. The van der Waals surface area contributed by atoms with Crippen LogP contribution < -0.4 is 5.32 Å².